The maximum atomic E-state index is 11.4. The van der Waals surface area contributed by atoms with Gasteiger partial charge in [-0.1, -0.05) is 51.2 Å². The van der Waals surface area contributed by atoms with Crippen molar-refractivity contribution in [3.05, 3.63) is 64.7 Å². The van der Waals surface area contributed by atoms with Gasteiger partial charge in [-0.15, -0.1) is 0 Å². The highest BCUT2D eigenvalue weighted by Crippen LogP contribution is 2.49. The van der Waals surface area contributed by atoms with E-state index in [0.29, 0.717) is 12.3 Å². The molecule has 0 radical (unpaired) electrons. The van der Waals surface area contributed by atoms with Gasteiger partial charge in [0.15, 0.2) is 23.0 Å². The van der Waals surface area contributed by atoms with Crippen LogP contribution in [0.3, 0.4) is 0 Å². The molecular weight excluding hydrogens is 514 g/mol. The lowest BCUT2D eigenvalue weighted by Crippen LogP contribution is -2.39. The first kappa shape index (κ1) is 26.2. The van der Waals surface area contributed by atoms with Crippen molar-refractivity contribution in [3.63, 3.8) is 0 Å². The van der Waals surface area contributed by atoms with Crippen molar-refractivity contribution in [1.29, 1.82) is 0 Å². The lowest BCUT2D eigenvalue weighted by Gasteiger charge is -2.42. The number of fused-ring (bicyclic) bond motifs is 6. The average molecular weight is 554 g/mol. The van der Waals surface area contributed by atoms with E-state index in [9.17, 15) is 5.11 Å². The molecule has 4 aromatic rings. The number of aromatic hydroxyl groups is 1. The van der Waals surface area contributed by atoms with Crippen LogP contribution in [0.5, 0.6) is 23.0 Å². The Kier molecular flexibility index (Phi) is 6.99. The van der Waals surface area contributed by atoms with Gasteiger partial charge in [0.2, 0.25) is 6.79 Å². The van der Waals surface area contributed by atoms with Gasteiger partial charge in [-0.2, -0.15) is 0 Å². The van der Waals surface area contributed by atoms with E-state index in [2.05, 4.69) is 52.8 Å². The fourth-order valence-corrected chi connectivity index (χ4v) is 7.02. The van der Waals surface area contributed by atoms with Crippen LogP contribution in [-0.2, 0) is 25.9 Å². The third-order valence-electron chi connectivity index (χ3n) is 9.20. The van der Waals surface area contributed by atoms with Crippen molar-refractivity contribution in [1.82, 2.24) is 14.5 Å². The Bertz CT molecular complexity index is 1590. The highest BCUT2D eigenvalue weighted by Gasteiger charge is 2.37. The van der Waals surface area contributed by atoms with Gasteiger partial charge >= 0.3 is 0 Å². The molecule has 3 aliphatic heterocycles. The molecule has 0 aliphatic carbocycles. The van der Waals surface area contributed by atoms with Crippen molar-refractivity contribution in [2.45, 2.75) is 77.4 Å². The highest BCUT2D eigenvalue weighted by atomic mass is 16.7. The average Bonchev–Trinajstić information content (AvgIpc) is 3.61. The van der Waals surface area contributed by atoms with E-state index >= 15 is 0 Å². The molecule has 0 bridgehead atoms. The fraction of sp³-hybridized carbons (Fsp3) is 0.441. The molecule has 0 saturated heterocycles. The summed E-state index contributed by atoms with van der Waals surface area (Å²) in [5.41, 5.74) is 7.96. The quantitative estimate of drug-likeness (QED) is 0.222. The minimum absolute atomic E-state index is 0.198. The number of imidazole rings is 1. The number of phenols is 1. The summed E-state index contributed by atoms with van der Waals surface area (Å²) in [5, 5.41) is 11.4. The molecule has 3 aliphatic rings. The molecule has 4 heterocycles. The first-order valence-electron chi connectivity index (χ1n) is 15.2. The van der Waals surface area contributed by atoms with E-state index < -0.39 is 0 Å². The SMILES string of the molecule is CCCCCCCCn1c(-c2cc(OC)c(O)c3c2CC2c4cc5c(cc4CCN2C3)OCO5)nc2ccccc21. The third-order valence-corrected chi connectivity index (χ3v) is 9.20. The summed E-state index contributed by atoms with van der Waals surface area (Å²) < 4.78 is 19.6. The Morgan fingerprint density at radius 3 is 2.66 bits per heavy atom. The summed E-state index contributed by atoms with van der Waals surface area (Å²) in [5.74, 6) is 3.40. The molecule has 7 heteroatoms. The van der Waals surface area contributed by atoms with E-state index in [0.717, 1.165) is 77.4 Å². The first-order chi connectivity index (χ1) is 20.2. The number of ether oxygens (including phenoxy) is 3. The zero-order valence-corrected chi connectivity index (χ0v) is 24.1. The molecule has 0 saturated carbocycles. The van der Waals surface area contributed by atoms with Crippen molar-refractivity contribution in [2.75, 3.05) is 20.4 Å². The number of hydrogen-bond acceptors (Lipinski definition) is 6. The Morgan fingerprint density at radius 2 is 1.80 bits per heavy atom. The lowest BCUT2D eigenvalue weighted by atomic mass is 9.81. The van der Waals surface area contributed by atoms with E-state index in [4.69, 9.17) is 19.2 Å². The van der Waals surface area contributed by atoms with E-state index in [1.165, 1.54) is 43.2 Å². The molecular formula is C34H39N3O4. The summed E-state index contributed by atoms with van der Waals surface area (Å²) in [6.07, 6.45) is 9.21. The molecule has 214 valence electrons. The van der Waals surface area contributed by atoms with E-state index in [1.54, 1.807) is 7.11 Å². The molecule has 0 fully saturated rings. The van der Waals surface area contributed by atoms with Crippen LogP contribution in [0.4, 0.5) is 0 Å². The maximum Gasteiger partial charge on any atom is 0.231 e. The summed E-state index contributed by atoms with van der Waals surface area (Å²) in [7, 11) is 1.63. The Hall–Kier alpha value is -3.71. The largest absolute Gasteiger partial charge is 0.504 e. The lowest BCUT2D eigenvalue weighted by molar-refractivity contribution is 0.158. The van der Waals surface area contributed by atoms with Gasteiger partial charge in [0.1, 0.15) is 5.82 Å². The summed E-state index contributed by atoms with van der Waals surface area (Å²) in [4.78, 5) is 7.68. The molecule has 1 aromatic heterocycles. The molecule has 1 atom stereocenters. The van der Waals surface area contributed by atoms with Crippen LogP contribution in [0.25, 0.3) is 22.4 Å². The third kappa shape index (κ3) is 4.60. The second kappa shape index (κ2) is 10.9. The van der Waals surface area contributed by atoms with Gasteiger partial charge in [0.05, 0.1) is 18.1 Å². The topological polar surface area (TPSA) is 69.0 Å². The van der Waals surface area contributed by atoms with Crippen LogP contribution in [0.1, 0.15) is 73.7 Å². The predicted molar refractivity (Wildman–Crippen MR) is 160 cm³/mol. The Balaban J connectivity index is 1.31. The van der Waals surface area contributed by atoms with Crippen molar-refractivity contribution >= 4 is 11.0 Å². The van der Waals surface area contributed by atoms with Gasteiger partial charge < -0.3 is 23.9 Å². The zero-order valence-electron chi connectivity index (χ0n) is 24.1. The molecule has 0 spiro atoms. The van der Waals surface area contributed by atoms with Gasteiger partial charge in [0.25, 0.3) is 0 Å². The predicted octanol–water partition coefficient (Wildman–Crippen LogP) is 7.16. The number of rotatable bonds is 9. The second-order valence-corrected chi connectivity index (χ2v) is 11.6. The molecule has 3 aromatic carbocycles. The van der Waals surface area contributed by atoms with Crippen LogP contribution in [0.15, 0.2) is 42.5 Å². The molecule has 0 amide bonds. The minimum Gasteiger partial charge on any atom is -0.504 e. The van der Waals surface area contributed by atoms with Gasteiger partial charge in [-0.05, 0) is 66.3 Å². The molecule has 7 nitrogen and oxygen atoms in total. The number of para-hydroxylation sites is 2. The van der Waals surface area contributed by atoms with Gasteiger partial charge in [0, 0.05) is 36.8 Å². The second-order valence-electron chi connectivity index (χ2n) is 11.6. The van der Waals surface area contributed by atoms with Gasteiger partial charge in [-0.25, -0.2) is 4.98 Å². The van der Waals surface area contributed by atoms with Gasteiger partial charge in [-0.3, -0.25) is 4.90 Å². The number of methoxy groups -OCH3 is 1. The van der Waals surface area contributed by atoms with Crippen LogP contribution >= 0.6 is 0 Å². The molecule has 7 rings (SSSR count). The molecule has 1 unspecified atom stereocenters. The summed E-state index contributed by atoms with van der Waals surface area (Å²) in [6, 6.07) is 15.0. The zero-order chi connectivity index (χ0) is 27.9. The molecule has 1 N–H and O–H groups in total. The number of phenolic OH excluding ortho intramolecular Hbond substituents is 1. The van der Waals surface area contributed by atoms with Crippen molar-refractivity contribution in [2.24, 2.45) is 0 Å². The van der Waals surface area contributed by atoms with Crippen LogP contribution in [0.2, 0.25) is 0 Å². The number of hydrogen-bond donors (Lipinski definition) is 1. The maximum absolute atomic E-state index is 11.4. The van der Waals surface area contributed by atoms with Crippen molar-refractivity contribution in [3.8, 4) is 34.4 Å². The Morgan fingerprint density at radius 1 is 1.00 bits per heavy atom. The minimum atomic E-state index is 0.198. The normalized spacial score (nSPS) is 17.4. The Labute approximate surface area is 241 Å². The first-order valence-corrected chi connectivity index (χ1v) is 15.2. The monoisotopic (exact) mass is 553 g/mol. The fourth-order valence-electron chi connectivity index (χ4n) is 7.02. The van der Waals surface area contributed by atoms with Crippen LogP contribution < -0.4 is 14.2 Å². The summed E-state index contributed by atoms with van der Waals surface area (Å²) >= 11 is 0. The number of nitrogens with zero attached hydrogens (tertiary/aromatic N) is 3. The highest BCUT2D eigenvalue weighted by molar-refractivity contribution is 5.82. The number of aromatic nitrogens is 2. The smallest absolute Gasteiger partial charge is 0.231 e. The van der Waals surface area contributed by atoms with Crippen molar-refractivity contribution < 1.29 is 19.3 Å². The molecule has 41 heavy (non-hydrogen) atoms. The van der Waals surface area contributed by atoms with Crippen LogP contribution in [0, 0.1) is 0 Å². The number of benzene rings is 3. The number of unbranched alkanes of at least 4 members (excludes halogenated alkanes) is 5. The standard InChI is InChI=1S/C34H39N3O4/c1-3-4-5-6-7-10-14-37-28-12-9-8-11-27(28)35-34(37)25-19-32(39-2)33(38)26-20-36-15-13-22-16-30-31(41-21-40-30)18-23(22)29(36)17-24(25)26/h8-9,11-12,16,18-19,29,38H,3-7,10,13-15,17,20-21H2,1-2H3. The van der Waals surface area contributed by atoms with Crippen LogP contribution in [-0.4, -0.2) is 40.0 Å². The van der Waals surface area contributed by atoms with E-state index in [-0.39, 0.29) is 18.6 Å². The van der Waals surface area contributed by atoms with E-state index in [1.807, 2.05) is 6.07 Å². The summed E-state index contributed by atoms with van der Waals surface area (Å²) in [6.45, 7) is 5.06. The number of aryl methyl sites for hydroxylation is 1.